The predicted molar refractivity (Wildman–Crippen MR) is 122 cm³/mol. The van der Waals surface area contributed by atoms with Crippen LogP contribution in [-0.2, 0) is 20.4 Å². The summed E-state index contributed by atoms with van der Waals surface area (Å²) in [6, 6.07) is 11.0. The van der Waals surface area contributed by atoms with E-state index in [2.05, 4.69) is 0 Å². The van der Waals surface area contributed by atoms with Gasteiger partial charge in [0, 0.05) is 50.9 Å². The lowest BCUT2D eigenvalue weighted by Gasteiger charge is -2.27. The Labute approximate surface area is 196 Å². The van der Waals surface area contributed by atoms with E-state index in [9.17, 15) is 19.5 Å². The number of hydrogen-bond acceptors (Lipinski definition) is 7. The van der Waals surface area contributed by atoms with E-state index in [0.29, 0.717) is 43.2 Å². The number of ether oxygens (including phenoxy) is 2. The first-order valence-electron chi connectivity index (χ1n) is 11.1. The largest absolute Gasteiger partial charge is 0.450 e. The average molecular weight is 488 g/mol. The average Bonchev–Trinajstić information content (AvgIpc) is 3.75. The number of nitrogens with zero attached hydrogens (tertiary/aromatic N) is 4. The molecule has 0 spiro atoms. The van der Waals surface area contributed by atoms with Gasteiger partial charge in [0.2, 0.25) is 5.75 Å². The van der Waals surface area contributed by atoms with Crippen molar-refractivity contribution in [3.05, 3.63) is 63.7 Å². The van der Waals surface area contributed by atoms with Gasteiger partial charge in [0.05, 0.1) is 24.7 Å². The molecule has 0 bridgehead atoms. The molecule has 0 atom stereocenters. The van der Waals surface area contributed by atoms with Crippen molar-refractivity contribution in [2.45, 2.75) is 6.61 Å². The Hall–Kier alpha value is -2.82. The first-order valence-corrected chi connectivity index (χ1v) is 12.6. The molecule has 0 radical (unpaired) electrons. The smallest absolute Gasteiger partial charge is 0.346 e. The van der Waals surface area contributed by atoms with Gasteiger partial charge in [-0.25, -0.2) is 9.34 Å². The standard InChI is InChI=1S/C22H25N4O7P/c27-22(23-10-12-31-13-11-23)18-2-1-3-19(15-18)33-21-14-17(4-5-20(21)26(28)29)16-32-34(30,24-6-7-24)25-8-9-25/h1-5,14-15H,6-13,16H2. The Morgan fingerprint density at radius 1 is 1.03 bits per heavy atom. The molecule has 0 saturated carbocycles. The van der Waals surface area contributed by atoms with Crippen LogP contribution in [0.2, 0.25) is 0 Å². The van der Waals surface area contributed by atoms with Crippen LogP contribution < -0.4 is 4.74 Å². The first kappa shape index (κ1) is 22.9. The molecule has 3 heterocycles. The third kappa shape index (κ3) is 4.98. The lowest BCUT2D eigenvalue weighted by molar-refractivity contribution is -0.385. The second-order valence-corrected chi connectivity index (χ2v) is 10.6. The summed E-state index contributed by atoms with van der Waals surface area (Å²) in [5, 5.41) is 11.6. The third-order valence-corrected chi connectivity index (χ3v) is 8.48. The van der Waals surface area contributed by atoms with E-state index in [1.807, 2.05) is 0 Å². The van der Waals surface area contributed by atoms with Gasteiger partial charge in [-0.3, -0.25) is 19.5 Å². The van der Waals surface area contributed by atoms with Crippen molar-refractivity contribution >= 4 is 19.3 Å². The number of benzene rings is 2. The molecule has 12 heteroatoms. The minimum absolute atomic E-state index is 0.0235. The van der Waals surface area contributed by atoms with Crippen molar-refractivity contribution in [3.63, 3.8) is 0 Å². The monoisotopic (exact) mass is 488 g/mol. The summed E-state index contributed by atoms with van der Waals surface area (Å²) in [7, 11) is -3.01. The highest BCUT2D eigenvalue weighted by Gasteiger charge is 2.49. The molecule has 180 valence electrons. The maximum absolute atomic E-state index is 13.1. The predicted octanol–water partition coefficient (Wildman–Crippen LogP) is 3.12. The Bertz CT molecular complexity index is 1130. The van der Waals surface area contributed by atoms with Crippen LogP contribution in [0.5, 0.6) is 11.5 Å². The van der Waals surface area contributed by atoms with Crippen molar-refractivity contribution in [2.24, 2.45) is 0 Å². The molecule has 2 aromatic rings. The molecule has 34 heavy (non-hydrogen) atoms. The highest BCUT2D eigenvalue weighted by molar-refractivity contribution is 7.54. The molecule has 0 unspecified atom stereocenters. The quantitative estimate of drug-likeness (QED) is 0.227. The zero-order valence-corrected chi connectivity index (χ0v) is 19.4. The molecule has 3 aliphatic rings. The van der Waals surface area contributed by atoms with Gasteiger partial charge in [0.15, 0.2) is 0 Å². The van der Waals surface area contributed by atoms with E-state index in [0.717, 1.165) is 26.2 Å². The molecule has 3 fully saturated rings. The van der Waals surface area contributed by atoms with Crippen LogP contribution in [0.4, 0.5) is 5.69 Å². The van der Waals surface area contributed by atoms with Crippen LogP contribution in [0.25, 0.3) is 0 Å². The number of rotatable bonds is 9. The SMILES string of the molecule is O=C(c1cccc(Oc2cc(COP(=O)(N3CC3)N3CC3)ccc2[N+](=O)[O-])c1)N1CCOCC1. The number of nitro groups is 1. The third-order valence-electron chi connectivity index (χ3n) is 5.79. The van der Waals surface area contributed by atoms with Gasteiger partial charge in [-0.1, -0.05) is 6.07 Å². The van der Waals surface area contributed by atoms with Gasteiger partial charge in [0.25, 0.3) is 5.91 Å². The van der Waals surface area contributed by atoms with Crippen molar-refractivity contribution < 1.29 is 28.3 Å². The molecule has 0 N–H and O–H groups in total. The van der Waals surface area contributed by atoms with Crippen molar-refractivity contribution in [2.75, 3.05) is 52.5 Å². The minimum atomic E-state index is -3.01. The molecule has 0 aliphatic carbocycles. The van der Waals surface area contributed by atoms with E-state index in [-0.39, 0.29) is 24.0 Å². The Morgan fingerprint density at radius 2 is 1.74 bits per heavy atom. The van der Waals surface area contributed by atoms with E-state index in [4.69, 9.17) is 14.0 Å². The first-order chi connectivity index (χ1) is 16.4. The van der Waals surface area contributed by atoms with Gasteiger partial charge >= 0.3 is 13.4 Å². The zero-order valence-electron chi connectivity index (χ0n) is 18.5. The van der Waals surface area contributed by atoms with Gasteiger partial charge in [-0.15, -0.1) is 0 Å². The van der Waals surface area contributed by atoms with Gasteiger partial charge in [-0.05, 0) is 35.9 Å². The number of carbonyl (C=O) groups excluding carboxylic acids is 1. The summed E-state index contributed by atoms with van der Waals surface area (Å²) in [5.74, 6) is 0.181. The summed E-state index contributed by atoms with van der Waals surface area (Å²) in [4.78, 5) is 25.5. The maximum Gasteiger partial charge on any atom is 0.346 e. The molecule has 0 aromatic heterocycles. The lowest BCUT2D eigenvalue weighted by atomic mass is 10.1. The van der Waals surface area contributed by atoms with Gasteiger partial charge in [0.1, 0.15) is 5.75 Å². The molecular weight excluding hydrogens is 463 g/mol. The van der Waals surface area contributed by atoms with Crippen LogP contribution in [-0.4, -0.2) is 77.6 Å². The molecule has 2 aromatic carbocycles. The molecular formula is C22H25N4O7P. The number of hydrogen-bond donors (Lipinski definition) is 0. The number of nitro benzene ring substituents is 1. The minimum Gasteiger partial charge on any atom is -0.450 e. The second kappa shape index (κ2) is 9.44. The second-order valence-electron chi connectivity index (χ2n) is 8.26. The van der Waals surface area contributed by atoms with Gasteiger partial charge in [-0.2, -0.15) is 0 Å². The molecule has 11 nitrogen and oxygen atoms in total. The normalized spacial score (nSPS) is 18.5. The van der Waals surface area contributed by atoms with Gasteiger partial charge < -0.3 is 18.9 Å². The van der Waals surface area contributed by atoms with Crippen LogP contribution >= 0.6 is 7.67 Å². The van der Waals surface area contributed by atoms with Crippen LogP contribution in [0.1, 0.15) is 15.9 Å². The highest BCUT2D eigenvalue weighted by atomic mass is 31.2. The molecule has 5 rings (SSSR count). The fourth-order valence-electron chi connectivity index (χ4n) is 3.75. The Kier molecular flexibility index (Phi) is 6.37. The summed E-state index contributed by atoms with van der Waals surface area (Å²) in [6.07, 6.45) is 0. The molecule has 3 saturated heterocycles. The summed E-state index contributed by atoms with van der Waals surface area (Å²) in [6.45, 7) is 4.99. The van der Waals surface area contributed by atoms with Crippen molar-refractivity contribution in [1.82, 2.24) is 14.2 Å². The summed E-state index contributed by atoms with van der Waals surface area (Å²) >= 11 is 0. The van der Waals surface area contributed by atoms with E-state index in [1.54, 1.807) is 44.6 Å². The molecule has 3 aliphatic heterocycles. The zero-order chi connectivity index (χ0) is 23.7. The number of amides is 1. The number of morpholine rings is 1. The fraction of sp³-hybridized carbons (Fsp3) is 0.409. The molecule has 1 amide bonds. The van der Waals surface area contributed by atoms with E-state index < -0.39 is 12.6 Å². The van der Waals surface area contributed by atoms with Crippen LogP contribution in [0, 0.1) is 10.1 Å². The summed E-state index contributed by atoms with van der Waals surface area (Å²) < 4.78 is 33.7. The Balaban J connectivity index is 1.33. The van der Waals surface area contributed by atoms with Crippen LogP contribution in [0.3, 0.4) is 0 Å². The van der Waals surface area contributed by atoms with Crippen molar-refractivity contribution in [1.29, 1.82) is 0 Å². The van der Waals surface area contributed by atoms with E-state index in [1.165, 1.54) is 12.1 Å². The maximum atomic E-state index is 13.1. The Morgan fingerprint density at radius 3 is 2.38 bits per heavy atom. The lowest BCUT2D eigenvalue weighted by Crippen LogP contribution is -2.40. The van der Waals surface area contributed by atoms with E-state index >= 15 is 0 Å². The van der Waals surface area contributed by atoms with Crippen molar-refractivity contribution in [3.8, 4) is 11.5 Å². The summed E-state index contributed by atoms with van der Waals surface area (Å²) in [5.41, 5.74) is 0.818. The fourth-order valence-corrected chi connectivity index (χ4v) is 5.94. The number of carbonyl (C=O) groups is 1. The van der Waals surface area contributed by atoms with Crippen LogP contribution in [0.15, 0.2) is 42.5 Å². The highest BCUT2D eigenvalue weighted by Crippen LogP contribution is 2.61. The topological polar surface area (TPSA) is 114 Å².